The second-order valence-corrected chi connectivity index (χ2v) is 11.4. The van der Waals surface area contributed by atoms with Crippen LogP contribution in [0.25, 0.3) is 0 Å². The average Bonchev–Trinajstić information content (AvgIpc) is 2.91. The molecule has 0 bridgehead atoms. The van der Waals surface area contributed by atoms with E-state index in [-0.39, 0.29) is 25.6 Å². The summed E-state index contributed by atoms with van der Waals surface area (Å²) in [6, 6.07) is 8.12. The SMILES string of the molecule is CCCCCCCCCCCCCCc1ccc(OCC(COP(O)OCC[NH+](C)C)OC(=O)CC)cc1. The summed E-state index contributed by atoms with van der Waals surface area (Å²) >= 11 is 0. The van der Waals surface area contributed by atoms with Gasteiger partial charge in [0, 0.05) is 6.42 Å². The highest BCUT2D eigenvalue weighted by Crippen LogP contribution is 2.32. The molecule has 0 saturated carbocycles. The van der Waals surface area contributed by atoms with Gasteiger partial charge in [0.25, 0.3) is 0 Å². The van der Waals surface area contributed by atoms with Crippen molar-refractivity contribution < 1.29 is 33.1 Å². The Hall–Kier alpha value is -1.24. The van der Waals surface area contributed by atoms with Crippen molar-refractivity contribution in [3.63, 3.8) is 0 Å². The molecule has 0 heterocycles. The van der Waals surface area contributed by atoms with E-state index < -0.39 is 14.7 Å². The third-order valence-electron chi connectivity index (χ3n) is 6.44. The third kappa shape index (κ3) is 19.8. The first-order valence-corrected chi connectivity index (χ1v) is 16.0. The molecular formula is C30H55NO6P+. The minimum atomic E-state index is -2.02. The Morgan fingerprint density at radius 2 is 1.42 bits per heavy atom. The van der Waals surface area contributed by atoms with E-state index in [0.29, 0.717) is 6.61 Å². The number of quaternary nitrogens is 1. The lowest BCUT2D eigenvalue weighted by atomic mass is 10.0. The fraction of sp³-hybridized carbons (Fsp3) is 0.767. The number of hydrogen-bond acceptors (Lipinski definition) is 6. The van der Waals surface area contributed by atoms with E-state index in [1.54, 1.807) is 6.92 Å². The number of unbranched alkanes of at least 4 members (excludes halogenated alkanes) is 11. The van der Waals surface area contributed by atoms with Gasteiger partial charge in [0.05, 0.1) is 20.7 Å². The molecule has 2 unspecified atom stereocenters. The number of likely N-dealkylation sites (N-methyl/N-ethyl adjacent to an activating group) is 1. The average molecular weight is 557 g/mol. The number of nitrogens with one attached hydrogen (secondary N) is 1. The molecule has 1 rings (SSSR count). The van der Waals surface area contributed by atoms with Crippen LogP contribution >= 0.6 is 8.60 Å². The number of aryl methyl sites for hydroxylation is 1. The normalized spacial score (nSPS) is 13.0. The van der Waals surface area contributed by atoms with Crippen LogP contribution in [0.15, 0.2) is 24.3 Å². The van der Waals surface area contributed by atoms with Gasteiger partial charge in [0.2, 0.25) is 0 Å². The van der Waals surface area contributed by atoms with E-state index >= 15 is 0 Å². The summed E-state index contributed by atoms with van der Waals surface area (Å²) in [5.74, 6) is 0.386. The zero-order chi connectivity index (χ0) is 27.8. The summed E-state index contributed by atoms with van der Waals surface area (Å²) in [7, 11) is 2.00. The summed E-state index contributed by atoms with van der Waals surface area (Å²) < 4.78 is 21.9. The highest BCUT2D eigenvalue weighted by atomic mass is 31.2. The largest absolute Gasteiger partial charge is 0.490 e. The number of ether oxygens (including phenoxy) is 2. The van der Waals surface area contributed by atoms with Gasteiger partial charge >= 0.3 is 14.6 Å². The molecule has 7 nitrogen and oxygen atoms in total. The van der Waals surface area contributed by atoms with Gasteiger partial charge in [-0.15, -0.1) is 0 Å². The lowest BCUT2D eigenvalue weighted by Gasteiger charge is -2.20. The minimum Gasteiger partial charge on any atom is -0.490 e. The quantitative estimate of drug-likeness (QED) is 0.0870. The van der Waals surface area contributed by atoms with Crippen LogP contribution in [0.5, 0.6) is 5.75 Å². The molecule has 0 fully saturated rings. The number of hydrogen-bond donors (Lipinski definition) is 2. The number of esters is 1. The minimum absolute atomic E-state index is 0.0137. The van der Waals surface area contributed by atoms with Crippen molar-refractivity contribution in [2.75, 3.05) is 40.5 Å². The maximum absolute atomic E-state index is 11.8. The Labute approximate surface area is 233 Å². The molecule has 220 valence electrons. The Balaban J connectivity index is 2.23. The van der Waals surface area contributed by atoms with E-state index in [4.69, 9.17) is 18.5 Å². The van der Waals surface area contributed by atoms with Crippen LogP contribution in [-0.4, -0.2) is 57.4 Å². The molecule has 1 aromatic rings. The topological polar surface area (TPSA) is 78.7 Å². The number of benzene rings is 1. The van der Waals surface area contributed by atoms with Gasteiger partial charge in [-0.25, -0.2) is 0 Å². The number of carbonyl (C=O) groups is 1. The summed E-state index contributed by atoms with van der Waals surface area (Å²) in [6.45, 7) is 5.33. The van der Waals surface area contributed by atoms with Crippen LogP contribution < -0.4 is 9.64 Å². The maximum atomic E-state index is 11.8. The summed E-state index contributed by atoms with van der Waals surface area (Å²) in [4.78, 5) is 23.0. The first kappa shape index (κ1) is 34.8. The molecule has 8 heteroatoms. The van der Waals surface area contributed by atoms with E-state index in [2.05, 4.69) is 19.1 Å². The van der Waals surface area contributed by atoms with Crippen molar-refractivity contribution in [2.24, 2.45) is 0 Å². The fourth-order valence-corrected chi connectivity index (χ4v) is 4.62. The highest BCUT2D eigenvalue weighted by Gasteiger charge is 2.18. The van der Waals surface area contributed by atoms with Gasteiger partial charge < -0.3 is 28.3 Å². The lowest BCUT2D eigenvalue weighted by molar-refractivity contribution is -0.858. The number of rotatable bonds is 25. The molecular weight excluding hydrogens is 501 g/mol. The van der Waals surface area contributed by atoms with E-state index in [9.17, 15) is 9.69 Å². The van der Waals surface area contributed by atoms with Gasteiger partial charge in [-0.2, -0.15) is 0 Å². The van der Waals surface area contributed by atoms with Crippen molar-refractivity contribution in [2.45, 2.75) is 110 Å². The smallest absolute Gasteiger partial charge is 0.330 e. The molecule has 2 N–H and O–H groups in total. The molecule has 1 aromatic carbocycles. The zero-order valence-electron chi connectivity index (χ0n) is 24.6. The van der Waals surface area contributed by atoms with Gasteiger partial charge in [-0.3, -0.25) is 4.79 Å². The van der Waals surface area contributed by atoms with E-state index in [0.717, 1.165) is 18.7 Å². The molecule has 0 aromatic heterocycles. The summed E-state index contributed by atoms with van der Waals surface area (Å²) in [5, 5.41) is 0. The first-order chi connectivity index (χ1) is 18.4. The first-order valence-electron chi connectivity index (χ1n) is 14.9. The summed E-state index contributed by atoms with van der Waals surface area (Å²) in [5.41, 5.74) is 1.31. The fourth-order valence-electron chi connectivity index (χ4n) is 4.01. The molecule has 0 aliphatic heterocycles. The van der Waals surface area contributed by atoms with Gasteiger partial charge in [-0.1, -0.05) is 96.6 Å². The predicted octanol–water partition coefficient (Wildman–Crippen LogP) is 6.03. The molecule has 2 atom stereocenters. The maximum Gasteiger partial charge on any atom is 0.330 e. The molecule has 0 saturated heterocycles. The predicted molar refractivity (Wildman–Crippen MR) is 156 cm³/mol. The van der Waals surface area contributed by atoms with Crippen molar-refractivity contribution in [3.8, 4) is 5.75 Å². The Bertz CT molecular complexity index is 688. The molecule has 0 aliphatic carbocycles. The van der Waals surface area contributed by atoms with Crippen LogP contribution in [0, 0.1) is 0 Å². The molecule has 0 radical (unpaired) electrons. The van der Waals surface area contributed by atoms with E-state index in [1.807, 2.05) is 26.2 Å². The van der Waals surface area contributed by atoms with Gasteiger partial charge in [-0.05, 0) is 30.5 Å². The molecule has 0 aliphatic rings. The van der Waals surface area contributed by atoms with Crippen LogP contribution in [-0.2, 0) is 25.0 Å². The Kier molecular flexibility index (Phi) is 21.6. The van der Waals surface area contributed by atoms with Crippen LogP contribution in [0.1, 0.15) is 103 Å². The third-order valence-corrected chi connectivity index (χ3v) is 7.21. The van der Waals surface area contributed by atoms with Crippen LogP contribution in [0.4, 0.5) is 0 Å². The molecule has 0 amide bonds. The van der Waals surface area contributed by atoms with Crippen molar-refractivity contribution >= 4 is 14.6 Å². The molecule has 0 spiro atoms. The van der Waals surface area contributed by atoms with Crippen molar-refractivity contribution in [1.29, 1.82) is 0 Å². The lowest BCUT2D eigenvalue weighted by Crippen LogP contribution is -3.06. The van der Waals surface area contributed by atoms with Gasteiger partial charge in [0.1, 0.15) is 25.5 Å². The monoisotopic (exact) mass is 556 g/mol. The Morgan fingerprint density at radius 1 is 0.842 bits per heavy atom. The van der Waals surface area contributed by atoms with Crippen molar-refractivity contribution in [3.05, 3.63) is 29.8 Å². The van der Waals surface area contributed by atoms with Crippen LogP contribution in [0.2, 0.25) is 0 Å². The van der Waals surface area contributed by atoms with E-state index in [1.165, 1.54) is 87.5 Å². The summed E-state index contributed by atoms with van der Waals surface area (Å²) in [6.07, 6.45) is 17.0. The second kappa shape index (κ2) is 23.6. The number of carbonyl (C=O) groups excluding carboxylic acids is 1. The highest BCUT2D eigenvalue weighted by molar-refractivity contribution is 7.40. The zero-order valence-corrected chi connectivity index (χ0v) is 25.4. The van der Waals surface area contributed by atoms with Crippen LogP contribution in [0.3, 0.4) is 0 Å². The second-order valence-electron chi connectivity index (χ2n) is 10.4. The Morgan fingerprint density at radius 3 is 1.97 bits per heavy atom. The molecule has 38 heavy (non-hydrogen) atoms. The van der Waals surface area contributed by atoms with Crippen molar-refractivity contribution in [1.82, 2.24) is 0 Å². The standard InChI is InChI=1S/C30H54NO6P/c1-5-7-8-9-10-11-12-13-14-15-16-17-18-27-19-21-28(22-20-27)34-25-29(37-30(32)6-2)26-36-38(33)35-24-23-31(3)4/h19-22,29,33H,5-18,23-26H2,1-4H3/p+1. The van der Waals surface area contributed by atoms with Gasteiger partial charge in [0.15, 0.2) is 6.10 Å².